The molecule has 0 aliphatic carbocycles. The van der Waals surface area contributed by atoms with E-state index in [1.165, 1.54) is 6.07 Å². The lowest BCUT2D eigenvalue weighted by molar-refractivity contribution is 0.301. The van der Waals surface area contributed by atoms with Gasteiger partial charge in [0.1, 0.15) is 5.75 Å². The predicted molar refractivity (Wildman–Crippen MR) is 77.3 cm³/mol. The monoisotopic (exact) mass is 297 g/mol. The largest absolute Gasteiger partial charge is 0.494 e. The van der Waals surface area contributed by atoms with E-state index < -0.39 is 0 Å². The molecule has 2 aromatic rings. The first-order valence-electron chi connectivity index (χ1n) is 5.89. The Kier molecular flexibility index (Phi) is 4.88. The highest BCUT2D eigenvalue weighted by molar-refractivity contribution is 6.30. The predicted octanol–water partition coefficient (Wildman–Crippen LogP) is 3.62. The molecule has 100 valence electrons. The van der Waals surface area contributed by atoms with Crippen LogP contribution in [-0.4, -0.2) is 11.2 Å². The van der Waals surface area contributed by atoms with Crippen LogP contribution in [-0.2, 0) is 6.54 Å². The maximum Gasteiger partial charge on any atom is 0.250 e. The Morgan fingerprint density at radius 2 is 1.68 bits per heavy atom. The third-order valence-electron chi connectivity index (χ3n) is 2.57. The number of nitrogens with zero attached hydrogens (tertiary/aromatic N) is 1. The summed E-state index contributed by atoms with van der Waals surface area (Å²) in [5.74, 6) is 0.767. The van der Waals surface area contributed by atoms with Gasteiger partial charge in [-0.2, -0.15) is 0 Å². The number of rotatable bonds is 5. The van der Waals surface area contributed by atoms with E-state index in [1.54, 1.807) is 29.0 Å². The topological polar surface area (TPSA) is 31.2 Å². The first-order chi connectivity index (χ1) is 9.15. The molecular weight excluding hydrogens is 285 g/mol. The van der Waals surface area contributed by atoms with Crippen LogP contribution < -0.4 is 10.3 Å². The molecule has 1 aromatic heterocycles. The van der Waals surface area contributed by atoms with Gasteiger partial charge in [0.2, 0.25) is 0 Å². The van der Waals surface area contributed by atoms with E-state index in [2.05, 4.69) is 0 Å². The van der Waals surface area contributed by atoms with Crippen LogP contribution in [0.4, 0.5) is 0 Å². The third kappa shape index (κ3) is 4.30. The summed E-state index contributed by atoms with van der Waals surface area (Å²) in [6.45, 7) is 1.10. The number of aryl methyl sites for hydroxylation is 1. The fourth-order valence-corrected chi connectivity index (χ4v) is 1.94. The smallest absolute Gasteiger partial charge is 0.250 e. The molecule has 0 aliphatic rings. The average Bonchev–Trinajstić information content (AvgIpc) is 2.40. The van der Waals surface area contributed by atoms with Crippen LogP contribution >= 0.6 is 23.2 Å². The fourth-order valence-electron chi connectivity index (χ4n) is 1.63. The summed E-state index contributed by atoms with van der Waals surface area (Å²) in [7, 11) is 0. The second kappa shape index (κ2) is 6.64. The Hall–Kier alpha value is -1.45. The number of pyridine rings is 1. The van der Waals surface area contributed by atoms with Crippen LogP contribution in [0.1, 0.15) is 6.42 Å². The average molecular weight is 298 g/mol. The van der Waals surface area contributed by atoms with Crippen LogP contribution in [0.25, 0.3) is 0 Å². The molecular formula is C14H13Cl2NO2. The quantitative estimate of drug-likeness (QED) is 0.789. The van der Waals surface area contributed by atoms with E-state index in [0.29, 0.717) is 23.2 Å². The van der Waals surface area contributed by atoms with Gasteiger partial charge in [-0.1, -0.05) is 23.2 Å². The van der Waals surface area contributed by atoms with E-state index in [-0.39, 0.29) is 5.56 Å². The van der Waals surface area contributed by atoms with E-state index >= 15 is 0 Å². The summed E-state index contributed by atoms with van der Waals surface area (Å²) in [6.07, 6.45) is 2.36. The summed E-state index contributed by atoms with van der Waals surface area (Å²) >= 11 is 11.6. The molecule has 1 aromatic carbocycles. The zero-order valence-electron chi connectivity index (χ0n) is 10.2. The standard InChI is InChI=1S/C14H13Cl2NO2/c15-11-2-5-13(6-3-11)19-9-1-8-17-10-12(16)4-7-14(17)18/h2-7,10H,1,8-9H2. The number of ether oxygens (including phenoxy) is 1. The lowest BCUT2D eigenvalue weighted by Crippen LogP contribution is -2.19. The molecule has 2 rings (SSSR count). The van der Waals surface area contributed by atoms with Crippen LogP contribution in [0, 0.1) is 0 Å². The minimum Gasteiger partial charge on any atom is -0.494 e. The summed E-state index contributed by atoms with van der Waals surface area (Å²) < 4.78 is 7.12. The molecule has 0 aliphatic heterocycles. The maximum absolute atomic E-state index is 11.5. The van der Waals surface area contributed by atoms with Gasteiger partial charge in [0.05, 0.1) is 11.6 Å². The number of aromatic nitrogens is 1. The normalized spacial score (nSPS) is 10.4. The molecule has 0 atom stereocenters. The highest BCUT2D eigenvalue weighted by Gasteiger charge is 1.98. The van der Waals surface area contributed by atoms with Gasteiger partial charge in [0.25, 0.3) is 5.56 Å². The van der Waals surface area contributed by atoms with Crippen LogP contribution in [0.5, 0.6) is 5.75 Å². The number of hydrogen-bond donors (Lipinski definition) is 0. The molecule has 0 N–H and O–H groups in total. The summed E-state index contributed by atoms with van der Waals surface area (Å²) in [5.41, 5.74) is -0.0594. The van der Waals surface area contributed by atoms with Crippen molar-refractivity contribution in [1.29, 1.82) is 0 Å². The molecule has 0 spiro atoms. The molecule has 3 nitrogen and oxygen atoms in total. The Morgan fingerprint density at radius 1 is 1.00 bits per heavy atom. The molecule has 0 radical (unpaired) electrons. The summed E-state index contributed by atoms with van der Waals surface area (Å²) in [5, 5.41) is 1.23. The van der Waals surface area contributed by atoms with Crippen molar-refractivity contribution in [3.05, 3.63) is 63.0 Å². The van der Waals surface area contributed by atoms with Gasteiger partial charge in [-0.25, -0.2) is 0 Å². The van der Waals surface area contributed by atoms with E-state index in [0.717, 1.165) is 12.2 Å². The minimum atomic E-state index is -0.0594. The van der Waals surface area contributed by atoms with Crippen molar-refractivity contribution in [2.45, 2.75) is 13.0 Å². The minimum absolute atomic E-state index is 0.0594. The van der Waals surface area contributed by atoms with Crippen LogP contribution in [0.2, 0.25) is 10.0 Å². The molecule has 0 bridgehead atoms. The molecule has 1 heterocycles. The van der Waals surface area contributed by atoms with Gasteiger partial charge in [0.15, 0.2) is 0 Å². The first-order valence-corrected chi connectivity index (χ1v) is 6.65. The third-order valence-corrected chi connectivity index (χ3v) is 3.05. The first kappa shape index (κ1) is 14.0. The number of benzene rings is 1. The summed E-state index contributed by atoms with van der Waals surface area (Å²) in [6, 6.07) is 10.2. The maximum atomic E-state index is 11.5. The van der Waals surface area contributed by atoms with E-state index in [9.17, 15) is 4.79 Å². The Morgan fingerprint density at radius 3 is 2.42 bits per heavy atom. The molecule has 0 unspecified atom stereocenters. The lowest BCUT2D eigenvalue weighted by atomic mass is 10.3. The van der Waals surface area contributed by atoms with Gasteiger partial charge >= 0.3 is 0 Å². The van der Waals surface area contributed by atoms with Gasteiger partial charge in [0, 0.05) is 23.8 Å². The van der Waals surface area contributed by atoms with Gasteiger partial charge < -0.3 is 9.30 Å². The van der Waals surface area contributed by atoms with Gasteiger partial charge in [-0.3, -0.25) is 4.79 Å². The number of hydrogen-bond acceptors (Lipinski definition) is 2. The highest BCUT2D eigenvalue weighted by atomic mass is 35.5. The van der Waals surface area contributed by atoms with Crippen molar-refractivity contribution >= 4 is 23.2 Å². The van der Waals surface area contributed by atoms with Gasteiger partial charge in [-0.05, 0) is 36.8 Å². The highest BCUT2D eigenvalue weighted by Crippen LogP contribution is 2.15. The van der Waals surface area contributed by atoms with Crippen molar-refractivity contribution in [3.63, 3.8) is 0 Å². The Labute approximate surface area is 121 Å². The van der Waals surface area contributed by atoms with Crippen molar-refractivity contribution in [3.8, 4) is 5.75 Å². The van der Waals surface area contributed by atoms with Crippen LogP contribution in [0.15, 0.2) is 47.4 Å². The van der Waals surface area contributed by atoms with Crippen molar-refractivity contribution < 1.29 is 4.74 Å². The fraction of sp³-hybridized carbons (Fsp3) is 0.214. The number of halogens is 2. The molecule has 19 heavy (non-hydrogen) atoms. The van der Waals surface area contributed by atoms with Crippen molar-refractivity contribution in [2.75, 3.05) is 6.61 Å². The molecule has 0 amide bonds. The van der Waals surface area contributed by atoms with Crippen LogP contribution in [0.3, 0.4) is 0 Å². The molecule has 0 fully saturated rings. The lowest BCUT2D eigenvalue weighted by Gasteiger charge is -2.08. The summed E-state index contributed by atoms with van der Waals surface area (Å²) in [4.78, 5) is 11.5. The second-order valence-corrected chi connectivity index (χ2v) is 4.91. The van der Waals surface area contributed by atoms with E-state index in [1.807, 2.05) is 12.1 Å². The zero-order valence-corrected chi connectivity index (χ0v) is 11.7. The van der Waals surface area contributed by atoms with Crippen molar-refractivity contribution in [1.82, 2.24) is 4.57 Å². The zero-order chi connectivity index (χ0) is 13.7. The van der Waals surface area contributed by atoms with E-state index in [4.69, 9.17) is 27.9 Å². The SMILES string of the molecule is O=c1ccc(Cl)cn1CCCOc1ccc(Cl)cc1. The Balaban J connectivity index is 1.82. The van der Waals surface area contributed by atoms with Crippen molar-refractivity contribution in [2.24, 2.45) is 0 Å². The Bertz CT molecular complexity index is 593. The second-order valence-electron chi connectivity index (χ2n) is 4.03. The molecule has 0 saturated carbocycles. The molecule has 0 saturated heterocycles. The molecule has 5 heteroatoms. The van der Waals surface area contributed by atoms with Gasteiger partial charge in [-0.15, -0.1) is 0 Å².